The highest BCUT2D eigenvalue weighted by atomic mass is 32.1. The first-order valence-electron chi connectivity index (χ1n) is 5.81. The lowest BCUT2D eigenvalue weighted by atomic mass is 10.0. The van der Waals surface area contributed by atoms with E-state index in [4.69, 9.17) is 4.74 Å². The number of ether oxygens (including phenoxy) is 1. The minimum atomic E-state index is -0.976. The van der Waals surface area contributed by atoms with Crippen LogP contribution in [0.3, 0.4) is 0 Å². The lowest BCUT2D eigenvalue weighted by molar-refractivity contribution is 0.0244. The number of hydrogen-bond donors (Lipinski definition) is 2. The maximum Gasteiger partial charge on any atom is 0.265 e. The van der Waals surface area contributed by atoms with Gasteiger partial charge in [0.1, 0.15) is 4.88 Å². The van der Waals surface area contributed by atoms with Crippen LogP contribution in [-0.4, -0.2) is 46.5 Å². The largest absolute Gasteiger partial charge is 0.388 e. The Bertz CT molecular complexity index is 393. The second kappa shape index (κ2) is 6.77. The van der Waals surface area contributed by atoms with Gasteiger partial charge in [0.15, 0.2) is 0 Å². The maximum absolute atomic E-state index is 11.9. The molecule has 102 valence electrons. The summed E-state index contributed by atoms with van der Waals surface area (Å²) >= 11 is 1.07. The second-order valence-corrected chi connectivity index (χ2v) is 5.08. The highest BCUT2D eigenvalue weighted by Gasteiger charge is 2.22. The summed E-state index contributed by atoms with van der Waals surface area (Å²) in [7, 11) is 1.57. The Morgan fingerprint density at radius 3 is 2.94 bits per heavy atom. The van der Waals surface area contributed by atoms with Gasteiger partial charge in [-0.3, -0.25) is 4.79 Å². The van der Waals surface area contributed by atoms with E-state index in [0.717, 1.165) is 11.5 Å². The Hall–Kier alpha value is -1.05. The van der Waals surface area contributed by atoms with Crippen molar-refractivity contribution in [2.75, 3.05) is 20.3 Å². The molecule has 1 aromatic rings. The molecular weight excluding hydrogens is 254 g/mol. The second-order valence-electron chi connectivity index (χ2n) is 4.32. The summed E-state index contributed by atoms with van der Waals surface area (Å²) in [5.41, 5.74) is -0.287. The van der Waals surface area contributed by atoms with Crippen molar-refractivity contribution in [3.05, 3.63) is 10.6 Å². The Balaban J connectivity index is 2.51. The third-order valence-corrected chi connectivity index (χ3v) is 3.34. The van der Waals surface area contributed by atoms with Crippen molar-refractivity contribution in [3.8, 4) is 0 Å². The number of rotatable bonds is 7. The van der Waals surface area contributed by atoms with Crippen molar-refractivity contribution in [3.63, 3.8) is 0 Å². The van der Waals surface area contributed by atoms with Crippen LogP contribution in [0, 0.1) is 0 Å². The van der Waals surface area contributed by atoms with E-state index in [0.29, 0.717) is 30.0 Å². The molecule has 0 saturated heterocycles. The topological polar surface area (TPSA) is 84.3 Å². The number of aromatic nitrogens is 2. The van der Waals surface area contributed by atoms with Gasteiger partial charge in [-0.1, -0.05) is 11.4 Å². The fraction of sp³-hybridized carbons (Fsp3) is 0.727. The zero-order chi connectivity index (χ0) is 13.6. The van der Waals surface area contributed by atoms with Crippen LogP contribution in [0.15, 0.2) is 0 Å². The fourth-order valence-corrected chi connectivity index (χ4v) is 2.04. The van der Waals surface area contributed by atoms with Crippen LogP contribution in [0.25, 0.3) is 0 Å². The van der Waals surface area contributed by atoms with E-state index in [-0.39, 0.29) is 12.5 Å². The quantitative estimate of drug-likeness (QED) is 0.760. The van der Waals surface area contributed by atoms with Gasteiger partial charge in [0, 0.05) is 26.7 Å². The Labute approximate surface area is 111 Å². The molecule has 0 fully saturated rings. The minimum Gasteiger partial charge on any atom is -0.388 e. The third kappa shape index (κ3) is 4.32. The molecule has 1 unspecified atom stereocenters. The van der Waals surface area contributed by atoms with Crippen LogP contribution in [0.5, 0.6) is 0 Å². The molecule has 0 saturated carbocycles. The molecule has 0 aliphatic rings. The first kappa shape index (κ1) is 15.0. The van der Waals surface area contributed by atoms with E-state index in [2.05, 4.69) is 14.9 Å². The Morgan fingerprint density at radius 1 is 1.61 bits per heavy atom. The van der Waals surface area contributed by atoms with Gasteiger partial charge < -0.3 is 15.2 Å². The average molecular weight is 273 g/mol. The lowest BCUT2D eigenvalue weighted by Gasteiger charge is -2.23. The van der Waals surface area contributed by atoms with Crippen LogP contribution < -0.4 is 5.32 Å². The van der Waals surface area contributed by atoms with Gasteiger partial charge in [0.2, 0.25) is 0 Å². The summed E-state index contributed by atoms with van der Waals surface area (Å²) in [5.74, 6) is -0.237. The summed E-state index contributed by atoms with van der Waals surface area (Å²) < 4.78 is 8.66. The highest BCUT2D eigenvalue weighted by molar-refractivity contribution is 7.08. The molecule has 0 radical (unpaired) electrons. The van der Waals surface area contributed by atoms with Crippen LogP contribution in [0.4, 0.5) is 0 Å². The highest BCUT2D eigenvalue weighted by Crippen LogP contribution is 2.12. The van der Waals surface area contributed by atoms with Crippen molar-refractivity contribution in [2.45, 2.75) is 32.3 Å². The van der Waals surface area contributed by atoms with Crippen molar-refractivity contribution in [1.82, 2.24) is 14.9 Å². The number of nitrogens with zero attached hydrogens (tertiary/aromatic N) is 2. The molecule has 7 heteroatoms. The van der Waals surface area contributed by atoms with Crippen molar-refractivity contribution in [2.24, 2.45) is 0 Å². The fourth-order valence-electron chi connectivity index (χ4n) is 1.37. The number of methoxy groups -OCH3 is 1. The third-order valence-electron chi connectivity index (χ3n) is 2.57. The number of carbonyl (C=O) groups excluding carboxylic acids is 1. The molecular formula is C11H19N3O3S. The predicted octanol–water partition coefficient (Wildman–Crippen LogP) is 0.618. The van der Waals surface area contributed by atoms with Crippen molar-refractivity contribution in [1.29, 1.82) is 0 Å². The van der Waals surface area contributed by atoms with Crippen LogP contribution >= 0.6 is 11.5 Å². The van der Waals surface area contributed by atoms with Gasteiger partial charge in [0.25, 0.3) is 5.91 Å². The maximum atomic E-state index is 11.9. The summed E-state index contributed by atoms with van der Waals surface area (Å²) in [6.07, 6.45) is 1.13. The van der Waals surface area contributed by atoms with E-state index in [1.165, 1.54) is 0 Å². The molecule has 0 spiro atoms. The zero-order valence-electron chi connectivity index (χ0n) is 10.9. The smallest absolute Gasteiger partial charge is 0.265 e. The Kier molecular flexibility index (Phi) is 5.64. The van der Waals surface area contributed by atoms with E-state index < -0.39 is 5.60 Å². The predicted molar refractivity (Wildman–Crippen MR) is 68.7 cm³/mol. The van der Waals surface area contributed by atoms with E-state index >= 15 is 0 Å². The number of carbonyl (C=O) groups is 1. The van der Waals surface area contributed by atoms with Crippen LogP contribution in [-0.2, 0) is 11.2 Å². The normalized spacial score (nSPS) is 14.2. The summed E-state index contributed by atoms with van der Waals surface area (Å²) in [6, 6.07) is 0. The summed E-state index contributed by atoms with van der Waals surface area (Å²) in [6.45, 7) is 4.21. The van der Waals surface area contributed by atoms with Gasteiger partial charge in [-0.2, -0.15) is 0 Å². The van der Waals surface area contributed by atoms with Crippen molar-refractivity contribution < 1.29 is 14.6 Å². The van der Waals surface area contributed by atoms with Gasteiger partial charge in [-0.15, -0.1) is 5.10 Å². The van der Waals surface area contributed by atoms with Gasteiger partial charge in [-0.25, -0.2) is 0 Å². The van der Waals surface area contributed by atoms with Gasteiger partial charge in [0.05, 0.1) is 11.3 Å². The van der Waals surface area contributed by atoms with Crippen molar-refractivity contribution >= 4 is 17.4 Å². The van der Waals surface area contributed by atoms with Crippen LogP contribution in [0.2, 0.25) is 0 Å². The number of hydrogen-bond acceptors (Lipinski definition) is 6. The molecule has 0 bridgehead atoms. The molecule has 0 aromatic carbocycles. The molecule has 1 aromatic heterocycles. The standard InChI is InChI=1S/C11H19N3O3S/c1-4-8-9(18-14-13-8)10(15)12-7-11(2,16)5-6-17-3/h16H,4-7H2,1-3H3,(H,12,15). The number of aliphatic hydroxyl groups is 1. The SMILES string of the molecule is CCc1nnsc1C(=O)NCC(C)(O)CCOC. The van der Waals surface area contributed by atoms with Gasteiger partial charge >= 0.3 is 0 Å². The van der Waals surface area contributed by atoms with E-state index in [1.54, 1.807) is 14.0 Å². The molecule has 2 N–H and O–H groups in total. The molecule has 0 aliphatic heterocycles. The number of amides is 1. The molecule has 6 nitrogen and oxygen atoms in total. The van der Waals surface area contributed by atoms with Crippen LogP contribution in [0.1, 0.15) is 35.6 Å². The molecule has 1 atom stereocenters. The first-order valence-corrected chi connectivity index (χ1v) is 6.58. The molecule has 1 rings (SSSR count). The summed E-state index contributed by atoms with van der Waals surface area (Å²) in [5, 5.41) is 16.6. The molecule has 1 amide bonds. The van der Waals surface area contributed by atoms with E-state index in [1.807, 2.05) is 6.92 Å². The Morgan fingerprint density at radius 2 is 2.33 bits per heavy atom. The van der Waals surface area contributed by atoms with E-state index in [9.17, 15) is 9.90 Å². The lowest BCUT2D eigenvalue weighted by Crippen LogP contribution is -2.41. The molecule has 1 heterocycles. The monoisotopic (exact) mass is 273 g/mol. The minimum absolute atomic E-state index is 0.177. The molecule has 0 aliphatic carbocycles. The first-order chi connectivity index (χ1) is 8.50. The average Bonchev–Trinajstić information content (AvgIpc) is 2.82. The summed E-state index contributed by atoms with van der Waals surface area (Å²) in [4.78, 5) is 12.4. The zero-order valence-corrected chi connectivity index (χ0v) is 11.7. The molecule has 18 heavy (non-hydrogen) atoms. The van der Waals surface area contributed by atoms with Gasteiger partial charge in [-0.05, 0) is 24.9 Å². The number of nitrogens with one attached hydrogen (secondary N) is 1. The number of aryl methyl sites for hydroxylation is 1.